The number of ether oxygens (including phenoxy) is 2. The third-order valence-corrected chi connectivity index (χ3v) is 8.76. The van der Waals surface area contributed by atoms with Gasteiger partial charge in [0.2, 0.25) is 11.8 Å². The highest BCUT2D eigenvalue weighted by Crippen LogP contribution is 2.45. The van der Waals surface area contributed by atoms with Crippen molar-refractivity contribution in [1.29, 1.82) is 0 Å². The smallest absolute Gasteiger partial charge is 0.410 e. The molecule has 1 saturated heterocycles. The number of carboxylic acids is 1. The van der Waals surface area contributed by atoms with Gasteiger partial charge in [0.1, 0.15) is 35.1 Å². The number of benzene rings is 1. The Bertz CT molecular complexity index is 1390. The Kier molecular flexibility index (Phi) is 9.09. The van der Waals surface area contributed by atoms with E-state index in [9.17, 15) is 33.5 Å². The van der Waals surface area contributed by atoms with Crippen molar-refractivity contribution in [2.75, 3.05) is 6.54 Å². The second-order valence-electron chi connectivity index (χ2n) is 13.3. The van der Waals surface area contributed by atoms with Crippen molar-refractivity contribution in [2.24, 2.45) is 5.92 Å². The molecule has 13 heteroatoms. The molecule has 1 aromatic carbocycles. The van der Waals surface area contributed by atoms with Crippen LogP contribution in [0.1, 0.15) is 76.8 Å². The van der Waals surface area contributed by atoms with Gasteiger partial charge in [-0.15, -0.1) is 0 Å². The van der Waals surface area contributed by atoms with E-state index in [2.05, 4.69) is 10.6 Å². The largest absolute Gasteiger partial charge is 0.479 e. The van der Waals surface area contributed by atoms with Crippen LogP contribution in [-0.4, -0.2) is 80.7 Å². The number of halogens is 1. The SMILES string of the molecule is CC(C)(C)OC(=O)N[C@@H]1CCCCC/C=C\C2C[C@@]2(C(=O)O)NC(=O)[C@@H]2C[C@@H](OC(=O)N3Cc4cccc(F)c4C3)CN2C1=O. The first-order chi connectivity index (χ1) is 21.3. The Hall–Kier alpha value is -4.16. The highest BCUT2D eigenvalue weighted by molar-refractivity contribution is 5.96. The maximum atomic E-state index is 14.3. The molecule has 3 heterocycles. The lowest BCUT2D eigenvalue weighted by atomic mass is 10.0. The molecular weight excluding hydrogens is 587 g/mol. The van der Waals surface area contributed by atoms with Crippen LogP contribution in [0.25, 0.3) is 0 Å². The highest BCUT2D eigenvalue weighted by atomic mass is 19.1. The summed E-state index contributed by atoms with van der Waals surface area (Å²) in [7, 11) is 0. The van der Waals surface area contributed by atoms with E-state index in [4.69, 9.17) is 9.47 Å². The summed E-state index contributed by atoms with van der Waals surface area (Å²) in [6, 6.07) is 2.45. The topological polar surface area (TPSA) is 155 Å². The van der Waals surface area contributed by atoms with E-state index < -0.39 is 65.1 Å². The first-order valence-electron chi connectivity index (χ1n) is 15.5. The van der Waals surface area contributed by atoms with Crippen molar-refractivity contribution >= 4 is 30.0 Å². The van der Waals surface area contributed by atoms with Crippen LogP contribution in [0.5, 0.6) is 0 Å². The van der Waals surface area contributed by atoms with Gasteiger partial charge < -0.3 is 30.1 Å². The van der Waals surface area contributed by atoms with Crippen LogP contribution in [0.4, 0.5) is 14.0 Å². The lowest BCUT2D eigenvalue weighted by Gasteiger charge is -2.30. The molecule has 244 valence electrons. The zero-order chi connectivity index (χ0) is 32.5. The maximum Gasteiger partial charge on any atom is 0.410 e. The van der Waals surface area contributed by atoms with Gasteiger partial charge in [0.05, 0.1) is 13.1 Å². The summed E-state index contributed by atoms with van der Waals surface area (Å²) < 4.78 is 25.4. The van der Waals surface area contributed by atoms with Crippen LogP contribution in [0.3, 0.4) is 0 Å². The molecule has 4 amide bonds. The summed E-state index contributed by atoms with van der Waals surface area (Å²) in [5, 5.41) is 15.4. The zero-order valence-electron chi connectivity index (χ0n) is 25.8. The fourth-order valence-corrected chi connectivity index (χ4v) is 6.32. The Morgan fingerprint density at radius 3 is 2.62 bits per heavy atom. The normalized spacial score (nSPS) is 29.2. The summed E-state index contributed by atoms with van der Waals surface area (Å²) >= 11 is 0. The number of alkyl carbamates (subject to hydrolysis) is 1. The van der Waals surface area contributed by atoms with E-state index in [0.29, 0.717) is 17.5 Å². The van der Waals surface area contributed by atoms with Gasteiger partial charge in [-0.25, -0.2) is 18.8 Å². The summed E-state index contributed by atoms with van der Waals surface area (Å²) in [5.41, 5.74) is -1.22. The van der Waals surface area contributed by atoms with Crippen LogP contribution in [-0.2, 0) is 36.9 Å². The molecular formula is C32H41FN4O8. The number of hydrogen-bond acceptors (Lipinski definition) is 7. The average Bonchev–Trinajstić information content (AvgIpc) is 3.27. The van der Waals surface area contributed by atoms with Crippen molar-refractivity contribution < 1.29 is 42.9 Å². The van der Waals surface area contributed by atoms with Gasteiger partial charge in [-0.2, -0.15) is 0 Å². The zero-order valence-corrected chi connectivity index (χ0v) is 25.8. The molecule has 5 rings (SSSR count). The quantitative estimate of drug-likeness (QED) is 0.429. The average molecular weight is 629 g/mol. The van der Waals surface area contributed by atoms with Crippen molar-refractivity contribution in [1.82, 2.24) is 20.4 Å². The number of carbonyl (C=O) groups excluding carboxylic acids is 4. The van der Waals surface area contributed by atoms with E-state index in [1.54, 1.807) is 32.9 Å². The number of allylic oxidation sites excluding steroid dienone is 1. The summed E-state index contributed by atoms with van der Waals surface area (Å²) in [5.74, 6) is -3.20. The lowest BCUT2D eigenvalue weighted by Crippen LogP contribution is -2.56. The minimum atomic E-state index is -1.49. The van der Waals surface area contributed by atoms with Gasteiger partial charge >= 0.3 is 18.2 Å². The molecule has 12 nitrogen and oxygen atoms in total. The van der Waals surface area contributed by atoms with E-state index in [0.717, 1.165) is 19.3 Å². The molecule has 1 aliphatic carbocycles. The fraction of sp³-hybridized carbons (Fsp3) is 0.594. The van der Waals surface area contributed by atoms with Gasteiger partial charge in [0.15, 0.2) is 0 Å². The lowest BCUT2D eigenvalue weighted by molar-refractivity contribution is -0.145. The van der Waals surface area contributed by atoms with Crippen LogP contribution < -0.4 is 10.6 Å². The number of hydrogen-bond donors (Lipinski definition) is 3. The molecule has 0 aromatic heterocycles. The predicted octanol–water partition coefficient (Wildman–Crippen LogP) is 3.62. The first-order valence-corrected chi connectivity index (χ1v) is 15.5. The van der Waals surface area contributed by atoms with Gasteiger partial charge in [-0.1, -0.05) is 37.1 Å². The van der Waals surface area contributed by atoms with E-state index in [1.807, 2.05) is 12.2 Å². The molecule has 3 aliphatic heterocycles. The molecule has 0 spiro atoms. The van der Waals surface area contributed by atoms with Gasteiger partial charge in [-0.05, 0) is 58.1 Å². The Balaban J connectivity index is 1.37. The van der Waals surface area contributed by atoms with Crippen LogP contribution >= 0.6 is 0 Å². The molecule has 0 bridgehead atoms. The van der Waals surface area contributed by atoms with Gasteiger partial charge in [0.25, 0.3) is 0 Å². The first kappa shape index (κ1) is 32.2. The van der Waals surface area contributed by atoms with Crippen LogP contribution in [0.15, 0.2) is 30.4 Å². The highest BCUT2D eigenvalue weighted by Gasteiger charge is 2.61. The van der Waals surface area contributed by atoms with E-state index in [1.165, 1.54) is 15.9 Å². The number of rotatable bonds is 3. The van der Waals surface area contributed by atoms with Crippen LogP contribution in [0, 0.1) is 11.7 Å². The number of fused-ring (bicyclic) bond motifs is 3. The van der Waals surface area contributed by atoms with Gasteiger partial charge in [-0.3, -0.25) is 14.5 Å². The van der Waals surface area contributed by atoms with Crippen molar-refractivity contribution in [3.63, 3.8) is 0 Å². The molecule has 2 fully saturated rings. The van der Waals surface area contributed by atoms with E-state index in [-0.39, 0.29) is 44.8 Å². The van der Waals surface area contributed by atoms with Crippen molar-refractivity contribution in [3.8, 4) is 0 Å². The molecule has 5 atom stereocenters. The standard InChI is InChI=1S/C32H41FN4O8/c1-31(2,3)45-29(42)34-24-13-8-6-4-5-7-11-20-15-32(20,28(40)41)35-26(38)25-14-21(17-37(25)27(24)39)44-30(43)36-16-19-10-9-12-23(33)22(19)18-36/h7,9-12,20-21,24-25H,4-6,8,13-18H2,1-3H3,(H,34,42)(H,35,38)(H,40,41)/b11-7-/t20?,21-,24-,25+,32-/m1/s1. The fourth-order valence-electron chi connectivity index (χ4n) is 6.32. The number of carboxylic acid groups (broad SMARTS) is 1. The molecule has 45 heavy (non-hydrogen) atoms. The molecule has 4 aliphatic rings. The maximum absolute atomic E-state index is 14.3. The second kappa shape index (κ2) is 12.7. The number of carbonyl (C=O) groups is 5. The Morgan fingerprint density at radius 1 is 1.13 bits per heavy atom. The van der Waals surface area contributed by atoms with Crippen LogP contribution in [0.2, 0.25) is 0 Å². The predicted molar refractivity (Wildman–Crippen MR) is 158 cm³/mol. The van der Waals surface area contributed by atoms with Gasteiger partial charge in [0, 0.05) is 24.4 Å². The van der Waals surface area contributed by atoms with E-state index >= 15 is 0 Å². The number of aliphatic carboxylic acids is 1. The summed E-state index contributed by atoms with van der Waals surface area (Å²) in [6.45, 7) is 5.15. The monoisotopic (exact) mass is 628 g/mol. The number of nitrogens with zero attached hydrogens (tertiary/aromatic N) is 2. The molecule has 1 unspecified atom stereocenters. The third-order valence-electron chi connectivity index (χ3n) is 8.76. The summed E-state index contributed by atoms with van der Waals surface area (Å²) in [6.07, 6.45) is 4.66. The second-order valence-corrected chi connectivity index (χ2v) is 13.3. The molecule has 0 radical (unpaired) electrons. The third kappa shape index (κ3) is 7.23. The Morgan fingerprint density at radius 2 is 1.91 bits per heavy atom. The molecule has 1 saturated carbocycles. The Labute approximate surface area is 261 Å². The number of nitrogens with one attached hydrogen (secondary N) is 2. The van der Waals surface area contributed by atoms with Crippen molar-refractivity contribution in [2.45, 2.75) is 108 Å². The minimum Gasteiger partial charge on any atom is -0.479 e. The minimum absolute atomic E-state index is 0.0258. The number of amides is 4. The summed E-state index contributed by atoms with van der Waals surface area (Å²) in [4.78, 5) is 68.5. The molecule has 3 N–H and O–H groups in total. The molecule has 1 aromatic rings. The van der Waals surface area contributed by atoms with Crippen molar-refractivity contribution in [3.05, 3.63) is 47.3 Å².